The number of hydrogen-bond acceptors (Lipinski definition) is 6. The first-order valence-electron chi connectivity index (χ1n) is 9.49. The molecule has 4 aromatic rings. The van der Waals surface area contributed by atoms with Crippen LogP contribution in [0.15, 0.2) is 59.4 Å². The quantitative estimate of drug-likeness (QED) is 0.476. The van der Waals surface area contributed by atoms with E-state index in [9.17, 15) is 9.18 Å². The van der Waals surface area contributed by atoms with E-state index < -0.39 is 5.82 Å². The molecule has 0 amide bonds. The first kappa shape index (κ1) is 20.3. The maximum absolute atomic E-state index is 14.1. The highest BCUT2D eigenvalue weighted by Gasteiger charge is 2.14. The molecule has 0 aliphatic heterocycles. The third-order valence-electron chi connectivity index (χ3n) is 4.87. The van der Waals surface area contributed by atoms with Gasteiger partial charge in [0.25, 0.3) is 0 Å². The Kier molecular flexibility index (Phi) is 5.48. The van der Waals surface area contributed by atoms with Crippen molar-refractivity contribution in [1.29, 1.82) is 0 Å². The lowest BCUT2D eigenvalue weighted by Crippen LogP contribution is -2.23. The van der Waals surface area contributed by atoms with Crippen molar-refractivity contribution in [2.75, 3.05) is 7.11 Å². The molecular formula is C22H20FN5O3. The lowest BCUT2D eigenvalue weighted by molar-refractivity contribution is 0.293. The van der Waals surface area contributed by atoms with E-state index in [1.165, 1.54) is 24.9 Å². The number of hydrogen-bond donors (Lipinski definition) is 0. The van der Waals surface area contributed by atoms with Gasteiger partial charge < -0.3 is 9.47 Å². The molecule has 0 aliphatic rings. The van der Waals surface area contributed by atoms with Crippen LogP contribution >= 0.6 is 0 Å². The van der Waals surface area contributed by atoms with Crippen LogP contribution < -0.4 is 15.2 Å². The second kappa shape index (κ2) is 8.39. The van der Waals surface area contributed by atoms with Crippen LogP contribution in [0.2, 0.25) is 0 Å². The van der Waals surface area contributed by atoms with Gasteiger partial charge in [-0.15, -0.1) is 0 Å². The molecule has 2 aromatic heterocycles. The van der Waals surface area contributed by atoms with E-state index in [4.69, 9.17) is 9.47 Å². The summed E-state index contributed by atoms with van der Waals surface area (Å²) in [7, 11) is 2.95. The predicted octanol–water partition coefficient (Wildman–Crippen LogP) is 3.06. The maximum atomic E-state index is 14.1. The minimum atomic E-state index is -0.466. The normalized spacial score (nSPS) is 10.8. The van der Waals surface area contributed by atoms with Gasteiger partial charge in [0, 0.05) is 24.2 Å². The van der Waals surface area contributed by atoms with Gasteiger partial charge in [-0.1, -0.05) is 18.2 Å². The number of benzene rings is 2. The van der Waals surface area contributed by atoms with Crippen LogP contribution in [0.25, 0.3) is 16.9 Å². The Morgan fingerprint density at radius 1 is 1.06 bits per heavy atom. The van der Waals surface area contributed by atoms with Gasteiger partial charge in [-0.2, -0.15) is 9.36 Å². The van der Waals surface area contributed by atoms with Gasteiger partial charge in [-0.05, 0) is 53.2 Å². The molecule has 4 rings (SSSR count). The number of methoxy groups -OCH3 is 1. The van der Waals surface area contributed by atoms with Crippen molar-refractivity contribution >= 4 is 0 Å². The Balaban J connectivity index is 1.61. The Hall–Kier alpha value is -4.01. The standard InChI is InChI=1S/C22H20FN5O3/c1-14-6-4-8-19(28-22(29)27(2)25-26-28)16(14)13-31-21-9-5-7-18(24-21)15-10-11-20(30-3)17(23)12-15/h4-12H,13H2,1-3H3. The highest BCUT2D eigenvalue weighted by atomic mass is 19.1. The molecule has 8 nitrogen and oxygen atoms in total. The van der Waals surface area contributed by atoms with Crippen LogP contribution in [-0.4, -0.2) is 31.9 Å². The number of aryl methyl sites for hydroxylation is 2. The highest BCUT2D eigenvalue weighted by Crippen LogP contribution is 2.26. The van der Waals surface area contributed by atoms with Gasteiger partial charge >= 0.3 is 5.69 Å². The van der Waals surface area contributed by atoms with Crippen LogP contribution in [0.1, 0.15) is 11.1 Å². The monoisotopic (exact) mass is 421 g/mol. The minimum absolute atomic E-state index is 0.165. The van der Waals surface area contributed by atoms with Crippen molar-refractivity contribution in [2.24, 2.45) is 7.05 Å². The summed E-state index contributed by atoms with van der Waals surface area (Å²) in [6, 6.07) is 15.5. The SMILES string of the molecule is COc1ccc(-c2cccc(OCc3c(C)cccc3-n3nnn(C)c3=O)n2)cc1F. The summed E-state index contributed by atoms with van der Waals surface area (Å²) in [5, 5.41) is 7.69. The van der Waals surface area contributed by atoms with E-state index in [1.54, 1.807) is 36.4 Å². The molecule has 158 valence electrons. The average molecular weight is 421 g/mol. The predicted molar refractivity (Wildman–Crippen MR) is 112 cm³/mol. The van der Waals surface area contributed by atoms with Crippen molar-refractivity contribution in [3.8, 4) is 28.6 Å². The fourth-order valence-electron chi connectivity index (χ4n) is 3.17. The third kappa shape index (κ3) is 4.02. The lowest BCUT2D eigenvalue weighted by Gasteiger charge is -2.13. The molecule has 0 saturated carbocycles. The summed E-state index contributed by atoms with van der Waals surface area (Å²) >= 11 is 0. The fraction of sp³-hybridized carbons (Fsp3) is 0.182. The van der Waals surface area contributed by atoms with Crippen LogP contribution in [0.3, 0.4) is 0 Å². The molecule has 0 saturated heterocycles. The third-order valence-corrected chi connectivity index (χ3v) is 4.87. The highest BCUT2D eigenvalue weighted by molar-refractivity contribution is 5.61. The Morgan fingerprint density at radius 2 is 1.87 bits per heavy atom. The second-order valence-corrected chi connectivity index (χ2v) is 6.87. The smallest absolute Gasteiger partial charge is 0.368 e. The summed E-state index contributed by atoms with van der Waals surface area (Å²) in [4.78, 5) is 16.8. The Labute approximate surface area is 177 Å². The Morgan fingerprint density at radius 3 is 2.58 bits per heavy atom. The summed E-state index contributed by atoms with van der Waals surface area (Å²) < 4.78 is 27.3. The molecule has 0 unspecified atom stereocenters. The maximum Gasteiger partial charge on any atom is 0.368 e. The number of ether oxygens (including phenoxy) is 2. The van der Waals surface area contributed by atoms with E-state index in [2.05, 4.69) is 15.4 Å². The molecule has 2 aromatic carbocycles. The fourth-order valence-corrected chi connectivity index (χ4v) is 3.17. The van der Waals surface area contributed by atoms with Crippen LogP contribution in [0, 0.1) is 12.7 Å². The summed E-state index contributed by atoms with van der Waals surface area (Å²) in [6.45, 7) is 2.09. The number of pyridine rings is 1. The second-order valence-electron chi connectivity index (χ2n) is 6.87. The van der Waals surface area contributed by atoms with Crippen molar-refractivity contribution in [2.45, 2.75) is 13.5 Å². The zero-order chi connectivity index (χ0) is 22.0. The van der Waals surface area contributed by atoms with Gasteiger partial charge in [-0.25, -0.2) is 14.2 Å². The first-order chi connectivity index (χ1) is 15.0. The zero-order valence-corrected chi connectivity index (χ0v) is 17.2. The molecule has 0 aliphatic carbocycles. The largest absolute Gasteiger partial charge is 0.494 e. The van der Waals surface area contributed by atoms with E-state index in [1.807, 2.05) is 19.1 Å². The molecule has 0 fully saturated rings. The van der Waals surface area contributed by atoms with Crippen LogP contribution in [0.5, 0.6) is 11.6 Å². The average Bonchev–Trinajstić information content (AvgIpc) is 3.11. The summed E-state index contributed by atoms with van der Waals surface area (Å²) in [6.07, 6.45) is 0. The van der Waals surface area contributed by atoms with Gasteiger partial charge in [0.2, 0.25) is 5.88 Å². The van der Waals surface area contributed by atoms with Gasteiger partial charge in [0.05, 0.1) is 18.5 Å². The molecular weight excluding hydrogens is 401 g/mol. The number of nitrogens with zero attached hydrogens (tertiary/aromatic N) is 5. The van der Waals surface area contributed by atoms with E-state index in [0.717, 1.165) is 15.8 Å². The summed E-state index contributed by atoms with van der Waals surface area (Å²) in [5.74, 6) is 0.0731. The first-order valence-corrected chi connectivity index (χ1v) is 9.49. The number of tetrazole rings is 1. The van der Waals surface area contributed by atoms with Gasteiger partial charge in [0.15, 0.2) is 11.6 Å². The lowest BCUT2D eigenvalue weighted by atomic mass is 10.1. The van der Waals surface area contributed by atoms with Crippen molar-refractivity contribution in [3.05, 3.63) is 82.0 Å². The molecule has 0 radical (unpaired) electrons. The van der Waals surface area contributed by atoms with E-state index in [-0.39, 0.29) is 18.0 Å². The molecule has 2 heterocycles. The number of aromatic nitrogens is 5. The number of rotatable bonds is 6. The van der Waals surface area contributed by atoms with Crippen molar-refractivity contribution in [1.82, 2.24) is 24.8 Å². The van der Waals surface area contributed by atoms with Crippen molar-refractivity contribution < 1.29 is 13.9 Å². The molecule has 0 N–H and O–H groups in total. The van der Waals surface area contributed by atoms with Crippen LogP contribution in [0.4, 0.5) is 4.39 Å². The Bertz CT molecular complexity index is 1300. The minimum Gasteiger partial charge on any atom is -0.494 e. The van der Waals surface area contributed by atoms with Gasteiger partial charge in [0.1, 0.15) is 6.61 Å². The van der Waals surface area contributed by atoms with E-state index in [0.29, 0.717) is 22.8 Å². The van der Waals surface area contributed by atoms with Crippen molar-refractivity contribution in [3.63, 3.8) is 0 Å². The molecule has 9 heteroatoms. The number of halogens is 1. The zero-order valence-electron chi connectivity index (χ0n) is 17.2. The molecule has 0 atom stereocenters. The van der Waals surface area contributed by atoms with E-state index >= 15 is 0 Å². The molecule has 0 bridgehead atoms. The van der Waals surface area contributed by atoms with Gasteiger partial charge in [-0.3, -0.25) is 0 Å². The topological polar surface area (TPSA) is 84.1 Å². The molecule has 31 heavy (non-hydrogen) atoms. The summed E-state index contributed by atoms with van der Waals surface area (Å²) in [5.41, 5.74) is 3.12. The molecule has 0 spiro atoms. The van der Waals surface area contributed by atoms with Crippen LogP contribution in [-0.2, 0) is 13.7 Å².